The van der Waals surface area contributed by atoms with Crippen LogP contribution in [-0.2, 0) is 7.05 Å². The van der Waals surface area contributed by atoms with Gasteiger partial charge in [-0.1, -0.05) is 0 Å². The zero-order chi connectivity index (χ0) is 14.7. The molecule has 2 aromatic rings. The second kappa shape index (κ2) is 5.66. The van der Waals surface area contributed by atoms with Gasteiger partial charge >= 0.3 is 0 Å². The van der Waals surface area contributed by atoms with Crippen molar-refractivity contribution in [2.45, 2.75) is 6.92 Å². The van der Waals surface area contributed by atoms with E-state index in [4.69, 9.17) is 12.2 Å². The standard InChI is InChI=1S/C12H13N5O2S/c1-8-11(7-16(2)15-8)14-12(20)13-9-3-5-10(6-4-9)17(18)19/h3-7H,1-2H3,(H2,13,14,20). The van der Waals surface area contributed by atoms with Crippen LogP contribution in [-0.4, -0.2) is 19.8 Å². The van der Waals surface area contributed by atoms with Crippen LogP contribution < -0.4 is 10.6 Å². The van der Waals surface area contributed by atoms with Gasteiger partial charge in [0.1, 0.15) is 0 Å². The van der Waals surface area contributed by atoms with Crippen molar-refractivity contribution in [2.75, 3.05) is 10.6 Å². The molecule has 0 spiro atoms. The van der Waals surface area contributed by atoms with Gasteiger partial charge in [-0.2, -0.15) is 5.10 Å². The number of nitro benzene ring substituents is 1. The van der Waals surface area contributed by atoms with Gasteiger partial charge in [-0.15, -0.1) is 0 Å². The number of nitrogens with zero attached hydrogens (tertiary/aromatic N) is 3. The topological polar surface area (TPSA) is 85.0 Å². The van der Waals surface area contributed by atoms with Crippen LogP contribution in [0.4, 0.5) is 17.1 Å². The van der Waals surface area contributed by atoms with Gasteiger partial charge in [0.25, 0.3) is 5.69 Å². The van der Waals surface area contributed by atoms with Crippen molar-refractivity contribution < 1.29 is 4.92 Å². The number of nitro groups is 1. The van der Waals surface area contributed by atoms with E-state index in [1.165, 1.54) is 12.1 Å². The second-order valence-corrected chi connectivity index (χ2v) is 4.59. The molecular weight excluding hydrogens is 278 g/mol. The Kier molecular flexibility index (Phi) is 3.94. The van der Waals surface area contributed by atoms with Crippen molar-refractivity contribution in [3.05, 3.63) is 46.3 Å². The molecule has 0 aliphatic carbocycles. The summed E-state index contributed by atoms with van der Waals surface area (Å²) in [5.41, 5.74) is 2.36. The van der Waals surface area contributed by atoms with Gasteiger partial charge in [0.2, 0.25) is 0 Å². The summed E-state index contributed by atoms with van der Waals surface area (Å²) in [6.45, 7) is 1.87. The zero-order valence-corrected chi connectivity index (χ0v) is 11.8. The fourth-order valence-corrected chi connectivity index (χ4v) is 1.90. The molecule has 0 atom stereocenters. The summed E-state index contributed by atoms with van der Waals surface area (Å²) >= 11 is 5.18. The molecule has 2 rings (SSSR count). The second-order valence-electron chi connectivity index (χ2n) is 4.18. The normalized spacial score (nSPS) is 10.1. The van der Waals surface area contributed by atoms with E-state index in [9.17, 15) is 10.1 Å². The minimum atomic E-state index is -0.445. The highest BCUT2D eigenvalue weighted by Crippen LogP contribution is 2.16. The van der Waals surface area contributed by atoms with Gasteiger partial charge in [-0.25, -0.2) is 0 Å². The van der Waals surface area contributed by atoms with Crippen molar-refractivity contribution in [2.24, 2.45) is 7.05 Å². The van der Waals surface area contributed by atoms with E-state index >= 15 is 0 Å². The predicted octanol–water partition coefficient (Wildman–Crippen LogP) is 2.45. The van der Waals surface area contributed by atoms with E-state index in [1.807, 2.05) is 20.2 Å². The number of non-ortho nitro benzene ring substituents is 1. The Hall–Kier alpha value is -2.48. The van der Waals surface area contributed by atoms with Gasteiger partial charge in [-0.3, -0.25) is 14.8 Å². The molecule has 0 radical (unpaired) electrons. The lowest BCUT2D eigenvalue weighted by molar-refractivity contribution is -0.384. The Balaban J connectivity index is 2.01. The fraction of sp³-hybridized carbons (Fsp3) is 0.167. The molecule has 0 amide bonds. The van der Waals surface area contributed by atoms with Crippen LogP contribution in [0.25, 0.3) is 0 Å². The van der Waals surface area contributed by atoms with Crippen LogP contribution in [0.15, 0.2) is 30.5 Å². The van der Waals surface area contributed by atoms with Gasteiger partial charge in [0.15, 0.2) is 5.11 Å². The summed E-state index contributed by atoms with van der Waals surface area (Å²) < 4.78 is 1.69. The van der Waals surface area contributed by atoms with E-state index in [0.717, 1.165) is 11.4 Å². The number of anilines is 2. The Morgan fingerprint density at radius 2 is 2.00 bits per heavy atom. The molecule has 0 aliphatic heterocycles. The Morgan fingerprint density at radius 1 is 1.35 bits per heavy atom. The lowest BCUT2D eigenvalue weighted by atomic mass is 10.3. The van der Waals surface area contributed by atoms with Gasteiger partial charge < -0.3 is 10.6 Å². The Labute approximate surface area is 120 Å². The van der Waals surface area contributed by atoms with Crippen molar-refractivity contribution >= 4 is 34.4 Å². The summed E-state index contributed by atoms with van der Waals surface area (Å²) in [5, 5.41) is 21.1. The third-order valence-electron chi connectivity index (χ3n) is 2.60. The van der Waals surface area contributed by atoms with Crippen LogP contribution >= 0.6 is 12.2 Å². The minimum absolute atomic E-state index is 0.0394. The largest absolute Gasteiger partial charge is 0.332 e. The first-order valence-electron chi connectivity index (χ1n) is 5.78. The summed E-state index contributed by atoms with van der Waals surface area (Å²) in [4.78, 5) is 10.1. The molecule has 7 nitrogen and oxygen atoms in total. The monoisotopic (exact) mass is 291 g/mol. The van der Waals surface area contributed by atoms with Gasteiger partial charge in [-0.05, 0) is 31.3 Å². The average Bonchev–Trinajstić information content (AvgIpc) is 2.68. The number of rotatable bonds is 3. The Morgan fingerprint density at radius 3 is 2.50 bits per heavy atom. The van der Waals surface area contributed by atoms with Crippen LogP contribution in [0.3, 0.4) is 0 Å². The fourth-order valence-electron chi connectivity index (χ4n) is 1.67. The number of nitrogens with one attached hydrogen (secondary N) is 2. The van der Waals surface area contributed by atoms with Gasteiger partial charge in [0, 0.05) is 31.1 Å². The molecule has 0 saturated carbocycles. The molecule has 0 unspecified atom stereocenters. The van der Waals surface area contributed by atoms with Crippen LogP contribution in [0.5, 0.6) is 0 Å². The molecule has 1 aromatic carbocycles. The number of thiocarbonyl (C=S) groups is 1. The number of aromatic nitrogens is 2. The first-order valence-corrected chi connectivity index (χ1v) is 6.19. The molecule has 1 aromatic heterocycles. The summed E-state index contributed by atoms with van der Waals surface area (Å²) in [6, 6.07) is 6.03. The van der Waals surface area contributed by atoms with Crippen LogP contribution in [0.2, 0.25) is 0 Å². The molecule has 0 bridgehead atoms. The molecular formula is C12H13N5O2S. The van der Waals surface area contributed by atoms with Crippen molar-refractivity contribution in [3.8, 4) is 0 Å². The predicted molar refractivity (Wildman–Crippen MR) is 80.9 cm³/mol. The highest BCUT2D eigenvalue weighted by molar-refractivity contribution is 7.80. The molecule has 0 fully saturated rings. The molecule has 1 heterocycles. The number of hydrogen-bond donors (Lipinski definition) is 2. The highest BCUT2D eigenvalue weighted by Gasteiger charge is 2.07. The third-order valence-corrected chi connectivity index (χ3v) is 2.80. The maximum absolute atomic E-state index is 10.6. The third kappa shape index (κ3) is 3.29. The lowest BCUT2D eigenvalue weighted by Crippen LogP contribution is -2.19. The summed E-state index contributed by atoms with van der Waals surface area (Å²) in [5.74, 6) is 0. The summed E-state index contributed by atoms with van der Waals surface area (Å²) in [6.07, 6.45) is 1.82. The summed E-state index contributed by atoms with van der Waals surface area (Å²) in [7, 11) is 1.82. The molecule has 0 aliphatic rings. The van der Waals surface area contributed by atoms with Crippen molar-refractivity contribution in [1.29, 1.82) is 0 Å². The van der Waals surface area contributed by atoms with E-state index in [-0.39, 0.29) is 5.69 Å². The van der Waals surface area contributed by atoms with E-state index in [2.05, 4.69) is 15.7 Å². The van der Waals surface area contributed by atoms with Gasteiger partial charge in [0.05, 0.1) is 16.3 Å². The average molecular weight is 291 g/mol. The van der Waals surface area contributed by atoms with Crippen LogP contribution in [0.1, 0.15) is 5.69 Å². The number of benzene rings is 1. The maximum atomic E-state index is 10.6. The maximum Gasteiger partial charge on any atom is 0.269 e. The van der Waals surface area contributed by atoms with E-state index < -0.39 is 4.92 Å². The molecule has 2 N–H and O–H groups in total. The number of aryl methyl sites for hydroxylation is 2. The molecule has 8 heteroatoms. The lowest BCUT2D eigenvalue weighted by Gasteiger charge is -2.09. The first kappa shape index (κ1) is 13.9. The zero-order valence-electron chi connectivity index (χ0n) is 11.0. The highest BCUT2D eigenvalue weighted by atomic mass is 32.1. The number of hydrogen-bond acceptors (Lipinski definition) is 4. The van der Waals surface area contributed by atoms with E-state index in [0.29, 0.717) is 10.8 Å². The van der Waals surface area contributed by atoms with E-state index in [1.54, 1.807) is 16.8 Å². The quantitative estimate of drug-likeness (QED) is 0.513. The SMILES string of the molecule is Cc1nn(C)cc1NC(=S)Nc1ccc([N+](=O)[O-])cc1. The Bertz CT molecular complexity index is 650. The molecule has 0 saturated heterocycles. The van der Waals surface area contributed by atoms with Crippen LogP contribution in [0, 0.1) is 17.0 Å². The van der Waals surface area contributed by atoms with Crippen molar-refractivity contribution in [3.63, 3.8) is 0 Å². The smallest absolute Gasteiger partial charge is 0.269 e. The molecule has 20 heavy (non-hydrogen) atoms. The first-order chi connectivity index (χ1) is 9.45. The van der Waals surface area contributed by atoms with Crippen molar-refractivity contribution in [1.82, 2.24) is 9.78 Å². The minimum Gasteiger partial charge on any atom is -0.332 e. The molecule has 104 valence electrons.